The smallest absolute Gasteiger partial charge is 0.121 e. The molecule has 2 N–H and O–H groups in total. The molecule has 1 aromatic carbocycles. The van der Waals surface area contributed by atoms with Crippen LogP contribution in [-0.4, -0.2) is 18.6 Å². The van der Waals surface area contributed by atoms with Gasteiger partial charge in [0.1, 0.15) is 5.75 Å². The molecule has 3 heteroatoms. The van der Waals surface area contributed by atoms with Gasteiger partial charge < -0.3 is 10.5 Å². The van der Waals surface area contributed by atoms with E-state index in [1.807, 2.05) is 25.1 Å². The normalized spacial score (nSPS) is 10.8. The van der Waals surface area contributed by atoms with Crippen molar-refractivity contribution in [3.63, 3.8) is 0 Å². The van der Waals surface area contributed by atoms with Crippen LogP contribution in [0.25, 0.3) is 10.9 Å². The summed E-state index contributed by atoms with van der Waals surface area (Å²) in [6.45, 7) is 2.77. The van der Waals surface area contributed by atoms with Gasteiger partial charge >= 0.3 is 0 Å². The number of pyridine rings is 1. The molecule has 0 unspecified atom stereocenters. The van der Waals surface area contributed by atoms with Crippen molar-refractivity contribution in [2.24, 2.45) is 5.73 Å². The van der Waals surface area contributed by atoms with Crippen LogP contribution < -0.4 is 10.5 Å². The predicted molar refractivity (Wildman–Crippen MR) is 70.4 cm³/mol. The Kier molecular flexibility index (Phi) is 3.59. The molecule has 3 nitrogen and oxygen atoms in total. The maximum Gasteiger partial charge on any atom is 0.121 e. The van der Waals surface area contributed by atoms with E-state index in [9.17, 15) is 0 Å². The van der Waals surface area contributed by atoms with Gasteiger partial charge in [-0.1, -0.05) is 0 Å². The second-order valence-electron chi connectivity index (χ2n) is 4.18. The third kappa shape index (κ3) is 2.56. The highest BCUT2D eigenvalue weighted by Crippen LogP contribution is 2.22. The van der Waals surface area contributed by atoms with E-state index in [2.05, 4.69) is 11.1 Å². The van der Waals surface area contributed by atoms with Gasteiger partial charge in [0.15, 0.2) is 0 Å². The summed E-state index contributed by atoms with van der Waals surface area (Å²) in [4.78, 5) is 4.62. The molecular weight excluding hydrogens is 212 g/mol. The number of hydrogen-bond donors (Lipinski definition) is 1. The van der Waals surface area contributed by atoms with Crippen molar-refractivity contribution >= 4 is 10.9 Å². The van der Waals surface area contributed by atoms with Crippen LogP contribution in [0.1, 0.15) is 17.7 Å². The van der Waals surface area contributed by atoms with E-state index in [0.717, 1.165) is 41.7 Å². The molecule has 0 aliphatic carbocycles. The Hall–Kier alpha value is -1.61. The lowest BCUT2D eigenvalue weighted by Gasteiger charge is -2.08. The summed E-state index contributed by atoms with van der Waals surface area (Å²) in [6.07, 6.45) is 2.00. The maximum absolute atomic E-state index is 5.54. The van der Waals surface area contributed by atoms with E-state index in [4.69, 9.17) is 10.5 Å². The number of aromatic nitrogens is 1. The number of hydrogen-bond acceptors (Lipinski definition) is 3. The summed E-state index contributed by atoms with van der Waals surface area (Å²) >= 11 is 0. The summed E-state index contributed by atoms with van der Waals surface area (Å²) in [5, 5.41) is 1.16. The van der Waals surface area contributed by atoms with Crippen molar-refractivity contribution in [3.8, 4) is 5.75 Å². The first-order chi connectivity index (χ1) is 8.24. The molecule has 0 saturated carbocycles. The molecule has 0 atom stereocenters. The lowest BCUT2D eigenvalue weighted by atomic mass is 10.1. The highest BCUT2D eigenvalue weighted by atomic mass is 16.5. The fraction of sp³-hybridized carbons (Fsp3) is 0.357. The average molecular weight is 230 g/mol. The molecule has 0 spiro atoms. The lowest BCUT2D eigenvalue weighted by molar-refractivity contribution is 0.415. The van der Waals surface area contributed by atoms with Gasteiger partial charge in [-0.15, -0.1) is 0 Å². The Balaban J connectivity index is 2.43. The molecule has 90 valence electrons. The maximum atomic E-state index is 5.54. The van der Waals surface area contributed by atoms with Gasteiger partial charge in [0.2, 0.25) is 0 Å². The summed E-state index contributed by atoms with van der Waals surface area (Å²) in [7, 11) is 1.67. The zero-order valence-corrected chi connectivity index (χ0v) is 10.4. The predicted octanol–water partition coefficient (Wildman–Crippen LogP) is 2.44. The lowest BCUT2D eigenvalue weighted by Crippen LogP contribution is -2.02. The summed E-state index contributed by atoms with van der Waals surface area (Å²) in [5.41, 5.74) is 8.89. The second-order valence-corrected chi connectivity index (χ2v) is 4.18. The molecule has 0 radical (unpaired) electrons. The second kappa shape index (κ2) is 5.15. The Labute approximate surface area is 102 Å². The summed E-state index contributed by atoms with van der Waals surface area (Å²) in [5.74, 6) is 0.846. The van der Waals surface area contributed by atoms with E-state index >= 15 is 0 Å². The highest BCUT2D eigenvalue weighted by Gasteiger charge is 2.04. The monoisotopic (exact) mass is 230 g/mol. The fourth-order valence-electron chi connectivity index (χ4n) is 1.96. The van der Waals surface area contributed by atoms with Crippen molar-refractivity contribution < 1.29 is 4.74 Å². The molecule has 0 saturated heterocycles. The SMILES string of the molecule is COc1ccc2cc(CCCN)c(C)nc2c1. The minimum atomic E-state index is 0.722. The van der Waals surface area contributed by atoms with Gasteiger partial charge in [-0.25, -0.2) is 0 Å². The number of benzene rings is 1. The van der Waals surface area contributed by atoms with Gasteiger partial charge in [0.05, 0.1) is 12.6 Å². The van der Waals surface area contributed by atoms with Crippen LogP contribution in [0.3, 0.4) is 0 Å². The van der Waals surface area contributed by atoms with E-state index in [1.54, 1.807) is 7.11 Å². The van der Waals surface area contributed by atoms with Crippen LogP contribution in [0, 0.1) is 6.92 Å². The van der Waals surface area contributed by atoms with Crippen LogP contribution in [0.5, 0.6) is 5.75 Å². The van der Waals surface area contributed by atoms with Gasteiger partial charge in [-0.05, 0) is 50.1 Å². The van der Waals surface area contributed by atoms with E-state index in [1.165, 1.54) is 5.56 Å². The zero-order valence-electron chi connectivity index (χ0n) is 10.4. The number of methoxy groups -OCH3 is 1. The van der Waals surface area contributed by atoms with E-state index < -0.39 is 0 Å². The number of nitrogens with two attached hydrogens (primary N) is 1. The topological polar surface area (TPSA) is 48.1 Å². The van der Waals surface area contributed by atoms with Gasteiger partial charge in [-0.2, -0.15) is 0 Å². The number of aryl methyl sites for hydroxylation is 2. The van der Waals surface area contributed by atoms with Crippen LogP contribution in [0.2, 0.25) is 0 Å². The molecule has 0 bridgehead atoms. The molecule has 0 fully saturated rings. The van der Waals surface area contributed by atoms with Crippen molar-refractivity contribution in [1.29, 1.82) is 0 Å². The van der Waals surface area contributed by atoms with Gasteiger partial charge in [0, 0.05) is 17.1 Å². The fourth-order valence-corrected chi connectivity index (χ4v) is 1.96. The number of rotatable bonds is 4. The Morgan fingerprint density at radius 3 is 2.82 bits per heavy atom. The molecule has 1 aromatic heterocycles. The van der Waals surface area contributed by atoms with Crippen LogP contribution >= 0.6 is 0 Å². The Bertz CT molecular complexity index is 523. The highest BCUT2D eigenvalue weighted by molar-refractivity contribution is 5.81. The molecule has 2 rings (SSSR count). The number of nitrogens with zero attached hydrogens (tertiary/aromatic N) is 1. The third-order valence-electron chi connectivity index (χ3n) is 2.97. The van der Waals surface area contributed by atoms with Crippen molar-refractivity contribution in [2.45, 2.75) is 19.8 Å². The third-order valence-corrected chi connectivity index (χ3v) is 2.97. The number of ether oxygens (including phenoxy) is 1. The molecule has 1 heterocycles. The van der Waals surface area contributed by atoms with Crippen molar-refractivity contribution in [3.05, 3.63) is 35.5 Å². The summed E-state index contributed by atoms with van der Waals surface area (Å²) in [6, 6.07) is 8.18. The average Bonchev–Trinajstić information content (AvgIpc) is 2.35. The number of fused-ring (bicyclic) bond motifs is 1. The summed E-state index contributed by atoms with van der Waals surface area (Å²) < 4.78 is 5.20. The Morgan fingerprint density at radius 1 is 1.29 bits per heavy atom. The van der Waals surface area contributed by atoms with Crippen LogP contribution in [0.15, 0.2) is 24.3 Å². The Morgan fingerprint density at radius 2 is 2.12 bits per heavy atom. The van der Waals surface area contributed by atoms with Crippen LogP contribution in [0.4, 0.5) is 0 Å². The largest absolute Gasteiger partial charge is 0.497 e. The van der Waals surface area contributed by atoms with E-state index in [0.29, 0.717) is 0 Å². The van der Waals surface area contributed by atoms with Gasteiger partial charge in [-0.3, -0.25) is 4.98 Å². The first-order valence-corrected chi connectivity index (χ1v) is 5.89. The molecule has 0 aliphatic rings. The van der Waals surface area contributed by atoms with Crippen molar-refractivity contribution in [1.82, 2.24) is 4.98 Å². The van der Waals surface area contributed by atoms with E-state index in [-0.39, 0.29) is 0 Å². The molecule has 2 aromatic rings. The van der Waals surface area contributed by atoms with Crippen LogP contribution in [-0.2, 0) is 6.42 Å². The minimum absolute atomic E-state index is 0.722. The molecular formula is C14H18N2O. The minimum Gasteiger partial charge on any atom is -0.497 e. The standard InChI is InChI=1S/C14H18N2O/c1-10-11(4-3-7-15)8-12-5-6-13(17-2)9-14(12)16-10/h5-6,8-9H,3-4,7,15H2,1-2H3. The molecule has 0 amide bonds. The molecule has 17 heavy (non-hydrogen) atoms. The zero-order chi connectivity index (χ0) is 12.3. The first-order valence-electron chi connectivity index (χ1n) is 5.89. The quantitative estimate of drug-likeness (QED) is 0.877. The van der Waals surface area contributed by atoms with Gasteiger partial charge in [0.25, 0.3) is 0 Å². The molecule has 0 aliphatic heterocycles. The first kappa shape index (κ1) is 11.9. The van der Waals surface area contributed by atoms with Crippen molar-refractivity contribution in [2.75, 3.05) is 13.7 Å².